The smallest absolute Gasteiger partial charge is 0.242 e. The summed E-state index contributed by atoms with van der Waals surface area (Å²) in [7, 11) is 1.63. The molecule has 1 aliphatic heterocycles. The lowest BCUT2D eigenvalue weighted by Gasteiger charge is -2.35. The summed E-state index contributed by atoms with van der Waals surface area (Å²) in [5, 5.41) is 3.42. The number of hydrogen-bond donors (Lipinski definition) is 1. The molecule has 156 valence electrons. The first-order valence-electron chi connectivity index (χ1n) is 8.97. The predicted octanol–water partition coefficient (Wildman–Crippen LogP) is 1.12. The van der Waals surface area contributed by atoms with Crippen molar-refractivity contribution in [3.63, 3.8) is 0 Å². The van der Waals surface area contributed by atoms with Gasteiger partial charge in [0.15, 0.2) is 0 Å². The molecular weight excluding hydrogens is 402 g/mol. The normalized spacial score (nSPS) is 18.1. The summed E-state index contributed by atoms with van der Waals surface area (Å²) in [6.07, 6.45) is 3.78. The van der Waals surface area contributed by atoms with Crippen LogP contribution in [0.4, 0.5) is 0 Å². The van der Waals surface area contributed by atoms with Crippen molar-refractivity contribution in [3.8, 4) is 5.75 Å². The molecule has 1 fully saturated rings. The number of halogens is 1. The summed E-state index contributed by atoms with van der Waals surface area (Å²) in [6.45, 7) is 4.04. The molecule has 1 aliphatic rings. The molecule has 0 saturated carbocycles. The number of rotatable bonds is 7. The van der Waals surface area contributed by atoms with E-state index in [1.165, 1.54) is 18.4 Å². The van der Waals surface area contributed by atoms with Gasteiger partial charge in [-0.2, -0.15) is 0 Å². The van der Waals surface area contributed by atoms with Crippen LogP contribution in [-0.4, -0.2) is 74.1 Å². The van der Waals surface area contributed by atoms with Crippen LogP contribution in [-0.2, 0) is 17.1 Å². The van der Waals surface area contributed by atoms with Crippen molar-refractivity contribution in [1.29, 1.82) is 0 Å². The van der Waals surface area contributed by atoms with Crippen molar-refractivity contribution < 1.29 is 13.2 Å². The van der Waals surface area contributed by atoms with Gasteiger partial charge >= 0.3 is 0 Å². The Balaban J connectivity index is 0.00000280. The zero-order valence-corrected chi connectivity index (χ0v) is 18.0. The highest BCUT2D eigenvalue weighted by atomic mass is 35.5. The lowest BCUT2D eigenvalue weighted by molar-refractivity contribution is 0.127. The van der Waals surface area contributed by atoms with E-state index in [-0.39, 0.29) is 23.3 Å². The van der Waals surface area contributed by atoms with Crippen molar-refractivity contribution in [3.05, 3.63) is 42.5 Å². The van der Waals surface area contributed by atoms with Crippen molar-refractivity contribution in [1.82, 2.24) is 24.1 Å². The molecule has 0 bridgehead atoms. The first kappa shape index (κ1) is 22.6. The Labute approximate surface area is 173 Å². The van der Waals surface area contributed by atoms with Gasteiger partial charge in [0, 0.05) is 59.7 Å². The molecule has 1 N–H and O–H groups in total. The molecule has 1 unspecified atom stereocenters. The number of imidazole rings is 1. The number of benzene rings is 1. The van der Waals surface area contributed by atoms with Crippen LogP contribution >= 0.6 is 12.4 Å². The van der Waals surface area contributed by atoms with Gasteiger partial charge in [-0.05, 0) is 24.3 Å². The van der Waals surface area contributed by atoms with E-state index in [4.69, 9.17) is 4.74 Å². The van der Waals surface area contributed by atoms with E-state index in [1.54, 1.807) is 24.3 Å². The Hall–Kier alpha value is -1.65. The van der Waals surface area contributed by atoms with Crippen molar-refractivity contribution in [2.45, 2.75) is 10.9 Å². The number of piperazine rings is 1. The minimum Gasteiger partial charge on any atom is -0.492 e. The van der Waals surface area contributed by atoms with Crippen LogP contribution in [0.2, 0.25) is 0 Å². The third kappa shape index (κ3) is 5.03. The topological polar surface area (TPSA) is 79.7 Å². The molecule has 0 amide bonds. The summed E-state index contributed by atoms with van der Waals surface area (Å²) in [4.78, 5) is 7.11. The Morgan fingerprint density at radius 3 is 2.61 bits per heavy atom. The maximum absolute atomic E-state index is 12.1. The van der Waals surface area contributed by atoms with Gasteiger partial charge in [-0.15, -0.1) is 12.4 Å². The van der Waals surface area contributed by atoms with E-state index >= 15 is 0 Å². The Bertz CT molecular complexity index is 854. The highest BCUT2D eigenvalue weighted by molar-refractivity contribution is 7.89. The van der Waals surface area contributed by atoms with Gasteiger partial charge in [0.1, 0.15) is 18.2 Å². The number of ether oxygens (including phenoxy) is 1. The summed E-state index contributed by atoms with van der Waals surface area (Å²) in [6, 6.07) is 6.77. The fraction of sp³-hybridized carbons (Fsp3) is 0.500. The molecule has 3 rings (SSSR count). The Morgan fingerprint density at radius 2 is 2.00 bits per heavy atom. The molecule has 0 spiro atoms. The molecule has 1 aromatic carbocycles. The van der Waals surface area contributed by atoms with Gasteiger partial charge < -0.3 is 14.6 Å². The predicted molar refractivity (Wildman–Crippen MR) is 110 cm³/mol. The van der Waals surface area contributed by atoms with Gasteiger partial charge in [-0.1, -0.05) is 0 Å². The van der Waals surface area contributed by atoms with Crippen LogP contribution in [0.25, 0.3) is 0 Å². The number of nitrogens with zero attached hydrogens (tertiary/aromatic N) is 4. The average Bonchev–Trinajstić information content (AvgIpc) is 3.08. The molecule has 28 heavy (non-hydrogen) atoms. The maximum atomic E-state index is 12.1. The zero-order chi connectivity index (χ0) is 19.4. The van der Waals surface area contributed by atoms with Crippen LogP contribution in [0.15, 0.2) is 41.6 Å². The van der Waals surface area contributed by atoms with Gasteiger partial charge in [0.05, 0.1) is 10.9 Å². The number of aromatic nitrogens is 2. The second kappa shape index (κ2) is 9.71. The molecule has 0 radical (unpaired) electrons. The van der Waals surface area contributed by atoms with Crippen LogP contribution in [0.1, 0.15) is 11.9 Å². The molecule has 1 aromatic heterocycles. The first-order chi connectivity index (χ1) is 12.9. The van der Waals surface area contributed by atoms with Gasteiger partial charge in [0.2, 0.25) is 10.0 Å². The van der Waals surface area contributed by atoms with E-state index in [1.807, 2.05) is 19.4 Å². The monoisotopic (exact) mass is 429 g/mol. The van der Waals surface area contributed by atoms with Gasteiger partial charge in [-0.3, -0.25) is 4.90 Å². The molecule has 0 aliphatic carbocycles. The minimum absolute atomic E-state index is 0. The number of aryl methyl sites for hydroxylation is 1. The van der Waals surface area contributed by atoms with E-state index in [0.717, 1.165) is 32.0 Å². The highest BCUT2D eigenvalue weighted by Gasteiger charge is 2.26. The number of sulfonamides is 1. The SMILES string of the molecule is CN(C)S(=O)(=O)c1ccc(OCCN2CCNCC2c2nccn2C)cc1.Cl. The third-order valence-electron chi connectivity index (χ3n) is 4.76. The molecule has 10 heteroatoms. The summed E-state index contributed by atoms with van der Waals surface area (Å²) < 4.78 is 33.3. The van der Waals surface area contributed by atoms with E-state index in [0.29, 0.717) is 12.4 Å². The Kier molecular flexibility index (Phi) is 7.85. The molecule has 1 saturated heterocycles. The van der Waals surface area contributed by atoms with E-state index < -0.39 is 10.0 Å². The lowest BCUT2D eigenvalue weighted by atomic mass is 10.2. The lowest BCUT2D eigenvalue weighted by Crippen LogP contribution is -2.48. The van der Waals surface area contributed by atoms with Crippen LogP contribution in [0.3, 0.4) is 0 Å². The van der Waals surface area contributed by atoms with Crippen molar-refractivity contribution >= 4 is 22.4 Å². The van der Waals surface area contributed by atoms with E-state index in [9.17, 15) is 8.42 Å². The molecule has 8 nitrogen and oxygen atoms in total. The largest absolute Gasteiger partial charge is 0.492 e. The highest BCUT2D eigenvalue weighted by Crippen LogP contribution is 2.21. The van der Waals surface area contributed by atoms with Crippen LogP contribution < -0.4 is 10.1 Å². The quantitative estimate of drug-likeness (QED) is 0.710. The van der Waals surface area contributed by atoms with Crippen LogP contribution in [0.5, 0.6) is 5.75 Å². The van der Waals surface area contributed by atoms with Crippen molar-refractivity contribution in [2.24, 2.45) is 7.05 Å². The fourth-order valence-electron chi connectivity index (χ4n) is 3.17. The number of hydrogen-bond acceptors (Lipinski definition) is 6. The zero-order valence-electron chi connectivity index (χ0n) is 16.4. The Morgan fingerprint density at radius 1 is 1.29 bits per heavy atom. The first-order valence-corrected chi connectivity index (χ1v) is 10.4. The molecule has 2 aromatic rings. The summed E-state index contributed by atoms with van der Waals surface area (Å²) >= 11 is 0. The van der Waals surface area contributed by atoms with Gasteiger partial charge in [0.25, 0.3) is 0 Å². The average molecular weight is 430 g/mol. The van der Waals surface area contributed by atoms with Crippen LogP contribution in [0, 0.1) is 0 Å². The molecule has 2 heterocycles. The van der Waals surface area contributed by atoms with Crippen molar-refractivity contribution in [2.75, 3.05) is 46.9 Å². The second-order valence-electron chi connectivity index (χ2n) is 6.76. The maximum Gasteiger partial charge on any atom is 0.242 e. The third-order valence-corrected chi connectivity index (χ3v) is 6.59. The molecule has 1 atom stereocenters. The standard InChI is InChI=1S/C18H27N5O3S.ClH/c1-21(2)27(24,25)16-6-4-15(5-7-16)26-13-12-23-11-8-19-14-17(23)18-20-9-10-22(18)3;/h4-7,9-10,17,19H,8,11-14H2,1-3H3;1H. The van der Waals surface area contributed by atoms with E-state index in [2.05, 4.69) is 19.8 Å². The summed E-state index contributed by atoms with van der Waals surface area (Å²) in [5.74, 6) is 1.71. The second-order valence-corrected chi connectivity index (χ2v) is 8.91. The van der Waals surface area contributed by atoms with Gasteiger partial charge in [-0.25, -0.2) is 17.7 Å². The number of nitrogens with one attached hydrogen (secondary N) is 1. The fourth-order valence-corrected chi connectivity index (χ4v) is 4.07. The molecular formula is C18H28ClN5O3S. The minimum atomic E-state index is -3.41. The summed E-state index contributed by atoms with van der Waals surface area (Å²) in [5.41, 5.74) is 0.